The normalized spacial score (nSPS) is 11.3. The Hall–Kier alpha value is -2.74. The third kappa shape index (κ3) is 2.56. The van der Waals surface area contributed by atoms with Gasteiger partial charge in [0.05, 0.1) is 16.1 Å². The van der Waals surface area contributed by atoms with Crippen LogP contribution in [0.2, 0.25) is 0 Å². The summed E-state index contributed by atoms with van der Waals surface area (Å²) in [5.74, 6) is -0.115. The van der Waals surface area contributed by atoms with Crippen LogP contribution in [0.15, 0.2) is 57.2 Å². The van der Waals surface area contributed by atoms with E-state index in [1.165, 1.54) is 18.2 Å². The van der Waals surface area contributed by atoms with Gasteiger partial charge in [0.15, 0.2) is 5.69 Å². The highest BCUT2D eigenvalue weighted by atomic mass is 79.9. The third-order valence-electron chi connectivity index (χ3n) is 3.03. The number of halogens is 1. The van der Waals surface area contributed by atoms with Gasteiger partial charge in [0.2, 0.25) is 5.88 Å². The van der Waals surface area contributed by atoms with Crippen molar-refractivity contribution in [3.05, 3.63) is 57.1 Å². The Morgan fingerprint density at radius 3 is 2.73 bits per heavy atom. The number of nitro benzene ring substituents is 1. The van der Waals surface area contributed by atoms with E-state index in [4.69, 9.17) is 0 Å². The van der Waals surface area contributed by atoms with Crippen molar-refractivity contribution in [2.24, 2.45) is 10.2 Å². The first-order valence-corrected chi connectivity index (χ1v) is 7.01. The van der Waals surface area contributed by atoms with E-state index in [-0.39, 0.29) is 17.3 Å². The van der Waals surface area contributed by atoms with Crippen LogP contribution in [0.4, 0.5) is 17.1 Å². The number of H-pyrrole nitrogens is 1. The monoisotopic (exact) mass is 360 g/mol. The van der Waals surface area contributed by atoms with E-state index < -0.39 is 4.92 Å². The largest absolute Gasteiger partial charge is 0.493 e. The fourth-order valence-electron chi connectivity index (χ4n) is 2.05. The lowest BCUT2D eigenvalue weighted by Gasteiger charge is -1.96. The Labute approximate surface area is 132 Å². The van der Waals surface area contributed by atoms with Gasteiger partial charge in [-0.15, -0.1) is 5.11 Å². The van der Waals surface area contributed by atoms with Gasteiger partial charge in [0.25, 0.3) is 5.69 Å². The molecule has 1 aromatic heterocycles. The topological polar surface area (TPSA) is 104 Å². The molecule has 8 heteroatoms. The molecule has 0 aliphatic heterocycles. The molecule has 0 atom stereocenters. The molecule has 110 valence electrons. The molecule has 0 saturated heterocycles. The highest BCUT2D eigenvalue weighted by Crippen LogP contribution is 2.40. The summed E-state index contributed by atoms with van der Waals surface area (Å²) in [5.41, 5.74) is 1.24. The van der Waals surface area contributed by atoms with Gasteiger partial charge in [-0.2, -0.15) is 5.11 Å². The van der Waals surface area contributed by atoms with Crippen molar-refractivity contribution in [1.82, 2.24) is 4.98 Å². The number of nitrogens with zero attached hydrogens (tertiary/aromatic N) is 3. The number of benzene rings is 2. The van der Waals surface area contributed by atoms with Crippen LogP contribution in [0.1, 0.15) is 0 Å². The van der Waals surface area contributed by atoms with Crippen LogP contribution in [-0.4, -0.2) is 15.0 Å². The predicted molar refractivity (Wildman–Crippen MR) is 84.9 cm³/mol. The van der Waals surface area contributed by atoms with Crippen molar-refractivity contribution in [2.45, 2.75) is 0 Å². The standard InChI is InChI=1S/C14H9BrN4O3/c15-10-5-2-6-11-12(10)13(14(20)16-11)18-17-8-3-1-4-9(7-8)19(21)22/h1-7,16,20H. The fraction of sp³-hybridized carbons (Fsp3) is 0. The zero-order valence-electron chi connectivity index (χ0n) is 11.0. The molecule has 3 aromatic rings. The number of azo groups is 1. The number of aromatic hydroxyl groups is 1. The maximum Gasteiger partial charge on any atom is 0.271 e. The summed E-state index contributed by atoms with van der Waals surface area (Å²) in [6, 6.07) is 11.2. The van der Waals surface area contributed by atoms with E-state index in [1.54, 1.807) is 12.1 Å². The summed E-state index contributed by atoms with van der Waals surface area (Å²) in [7, 11) is 0. The molecule has 0 radical (unpaired) electrons. The van der Waals surface area contributed by atoms with Gasteiger partial charge < -0.3 is 10.1 Å². The molecular weight excluding hydrogens is 352 g/mol. The summed E-state index contributed by atoms with van der Waals surface area (Å²) in [4.78, 5) is 13.0. The lowest BCUT2D eigenvalue weighted by molar-refractivity contribution is -0.384. The smallest absolute Gasteiger partial charge is 0.271 e. The van der Waals surface area contributed by atoms with Crippen molar-refractivity contribution in [1.29, 1.82) is 0 Å². The third-order valence-corrected chi connectivity index (χ3v) is 3.69. The van der Waals surface area contributed by atoms with Crippen LogP contribution < -0.4 is 0 Å². The summed E-state index contributed by atoms with van der Waals surface area (Å²) >= 11 is 3.40. The molecule has 0 saturated carbocycles. The van der Waals surface area contributed by atoms with Crippen molar-refractivity contribution < 1.29 is 10.0 Å². The van der Waals surface area contributed by atoms with Gasteiger partial charge in [-0.25, -0.2) is 0 Å². The van der Waals surface area contributed by atoms with Crippen LogP contribution in [0.25, 0.3) is 10.9 Å². The molecule has 0 aliphatic carbocycles. The number of aromatic nitrogens is 1. The molecular formula is C14H9BrN4O3. The summed E-state index contributed by atoms with van der Waals surface area (Å²) in [6.45, 7) is 0. The molecule has 2 N–H and O–H groups in total. The first-order valence-electron chi connectivity index (χ1n) is 6.21. The second-order valence-corrected chi connectivity index (χ2v) is 5.32. The highest BCUT2D eigenvalue weighted by Gasteiger charge is 2.13. The number of nitro groups is 1. The maximum absolute atomic E-state index is 10.7. The molecule has 22 heavy (non-hydrogen) atoms. The summed E-state index contributed by atoms with van der Waals surface area (Å²) < 4.78 is 0.759. The van der Waals surface area contributed by atoms with Gasteiger partial charge in [0.1, 0.15) is 0 Å². The Kier molecular flexibility index (Phi) is 3.60. The van der Waals surface area contributed by atoms with Gasteiger partial charge in [-0.05, 0) is 18.2 Å². The van der Waals surface area contributed by atoms with Crippen molar-refractivity contribution >= 4 is 43.9 Å². The van der Waals surface area contributed by atoms with E-state index in [0.717, 1.165) is 4.47 Å². The van der Waals surface area contributed by atoms with Crippen LogP contribution in [-0.2, 0) is 0 Å². The van der Waals surface area contributed by atoms with E-state index in [1.807, 2.05) is 12.1 Å². The Morgan fingerprint density at radius 2 is 1.95 bits per heavy atom. The highest BCUT2D eigenvalue weighted by molar-refractivity contribution is 9.10. The van der Waals surface area contributed by atoms with Crippen molar-refractivity contribution in [2.75, 3.05) is 0 Å². The Bertz CT molecular complexity index is 904. The first-order chi connectivity index (χ1) is 10.6. The number of hydrogen-bond donors (Lipinski definition) is 2. The number of fused-ring (bicyclic) bond motifs is 1. The molecule has 0 spiro atoms. The van der Waals surface area contributed by atoms with Crippen LogP contribution in [0, 0.1) is 10.1 Å². The zero-order valence-corrected chi connectivity index (χ0v) is 12.6. The summed E-state index contributed by atoms with van der Waals surface area (Å²) in [5, 5.41) is 29.4. The second kappa shape index (κ2) is 5.57. The molecule has 2 aromatic carbocycles. The number of non-ortho nitro benzene ring substituents is 1. The SMILES string of the molecule is O=[N+]([O-])c1cccc(N=Nc2c(O)[nH]c3cccc(Br)c23)c1. The van der Waals surface area contributed by atoms with Crippen molar-refractivity contribution in [3.8, 4) is 5.88 Å². The molecule has 0 aliphatic rings. The quantitative estimate of drug-likeness (QED) is 0.391. The number of rotatable bonds is 3. The average Bonchev–Trinajstić information content (AvgIpc) is 2.82. The van der Waals surface area contributed by atoms with E-state index in [9.17, 15) is 15.2 Å². The number of hydrogen-bond acceptors (Lipinski definition) is 5. The van der Waals surface area contributed by atoms with Crippen LogP contribution >= 0.6 is 15.9 Å². The van der Waals surface area contributed by atoms with E-state index in [2.05, 4.69) is 31.1 Å². The minimum absolute atomic E-state index is 0.0687. The molecule has 0 amide bonds. The number of nitrogens with one attached hydrogen (secondary N) is 1. The van der Waals surface area contributed by atoms with Gasteiger partial charge in [0, 0.05) is 22.0 Å². The molecule has 0 bridgehead atoms. The van der Waals surface area contributed by atoms with Gasteiger partial charge >= 0.3 is 0 Å². The molecule has 7 nitrogen and oxygen atoms in total. The van der Waals surface area contributed by atoms with Crippen LogP contribution in [0.3, 0.4) is 0 Å². The fourth-order valence-corrected chi connectivity index (χ4v) is 2.60. The summed E-state index contributed by atoms with van der Waals surface area (Å²) in [6.07, 6.45) is 0. The minimum atomic E-state index is -0.501. The lowest BCUT2D eigenvalue weighted by Crippen LogP contribution is -1.85. The molecule has 3 rings (SSSR count). The molecule has 0 unspecified atom stereocenters. The lowest BCUT2D eigenvalue weighted by atomic mass is 10.2. The van der Waals surface area contributed by atoms with E-state index >= 15 is 0 Å². The van der Waals surface area contributed by atoms with Gasteiger partial charge in [-0.3, -0.25) is 10.1 Å². The Balaban J connectivity index is 2.05. The van der Waals surface area contributed by atoms with Crippen LogP contribution in [0.5, 0.6) is 5.88 Å². The molecule has 0 fully saturated rings. The number of aromatic amines is 1. The van der Waals surface area contributed by atoms with Gasteiger partial charge in [-0.1, -0.05) is 28.1 Å². The first kappa shape index (κ1) is 14.2. The maximum atomic E-state index is 10.7. The second-order valence-electron chi connectivity index (χ2n) is 4.46. The molecule has 1 heterocycles. The Morgan fingerprint density at radius 1 is 1.18 bits per heavy atom. The average molecular weight is 361 g/mol. The minimum Gasteiger partial charge on any atom is -0.493 e. The zero-order chi connectivity index (χ0) is 15.7. The predicted octanol–water partition coefficient (Wildman–Crippen LogP) is 4.96. The van der Waals surface area contributed by atoms with E-state index in [0.29, 0.717) is 16.6 Å². The van der Waals surface area contributed by atoms with Crippen molar-refractivity contribution in [3.63, 3.8) is 0 Å².